The van der Waals surface area contributed by atoms with Crippen molar-refractivity contribution in [3.8, 4) is 0 Å². The first-order chi connectivity index (χ1) is 14.7. The summed E-state index contributed by atoms with van der Waals surface area (Å²) in [6.07, 6.45) is 2.73. The smallest absolute Gasteiger partial charge is 0.269 e. The van der Waals surface area contributed by atoms with Gasteiger partial charge in [-0.1, -0.05) is 25.1 Å². The van der Waals surface area contributed by atoms with Crippen molar-refractivity contribution < 1.29 is 14.4 Å². The van der Waals surface area contributed by atoms with Gasteiger partial charge < -0.3 is 10.6 Å². The summed E-state index contributed by atoms with van der Waals surface area (Å²) in [6.45, 7) is 1.96. The molecule has 9 heteroatoms. The van der Waals surface area contributed by atoms with Crippen LogP contribution in [0.4, 0.5) is 0 Å². The number of ketones is 1. The number of rotatable bonds is 7. The third kappa shape index (κ3) is 3.61. The Morgan fingerprint density at radius 3 is 2.65 bits per heavy atom. The van der Waals surface area contributed by atoms with Crippen LogP contribution < -0.4 is 5.73 Å². The van der Waals surface area contributed by atoms with Crippen molar-refractivity contribution in [1.29, 1.82) is 0 Å². The molecule has 164 valence electrons. The van der Waals surface area contributed by atoms with Crippen LogP contribution in [0, 0.1) is 17.8 Å². The molecule has 3 aliphatic rings. The molecule has 1 aromatic carbocycles. The molecule has 2 heterocycles. The van der Waals surface area contributed by atoms with E-state index in [1.165, 1.54) is 4.68 Å². The van der Waals surface area contributed by atoms with Gasteiger partial charge in [0.05, 0.1) is 11.6 Å². The molecule has 1 saturated heterocycles. The van der Waals surface area contributed by atoms with E-state index in [-0.39, 0.29) is 41.8 Å². The fourth-order valence-electron chi connectivity index (χ4n) is 5.19. The first kappa shape index (κ1) is 20.8. The van der Waals surface area contributed by atoms with E-state index in [0.29, 0.717) is 36.1 Å². The second kappa shape index (κ2) is 7.20. The average molecular weight is 463 g/mol. The van der Waals surface area contributed by atoms with Crippen LogP contribution in [0.3, 0.4) is 0 Å². The summed E-state index contributed by atoms with van der Waals surface area (Å²) in [6, 6.07) is 6.89. The van der Waals surface area contributed by atoms with Gasteiger partial charge in [-0.3, -0.25) is 19.1 Å². The maximum atomic E-state index is 13.3. The fraction of sp³-hybridized carbons (Fsp3) is 0.545. The Hall–Kier alpha value is -2.12. The van der Waals surface area contributed by atoms with Crippen molar-refractivity contribution in [2.45, 2.75) is 55.6 Å². The molecule has 1 aromatic heterocycles. The predicted molar refractivity (Wildman–Crippen MR) is 117 cm³/mol. The number of benzene rings is 1. The summed E-state index contributed by atoms with van der Waals surface area (Å²) in [5.74, 6) is -0.109. The molecular formula is C22H24Cl2N4O3. The Bertz CT molecular complexity index is 1100. The number of para-hydroxylation sites is 1. The van der Waals surface area contributed by atoms with Crippen LogP contribution in [0.15, 0.2) is 24.3 Å². The van der Waals surface area contributed by atoms with Gasteiger partial charge in [-0.05, 0) is 43.1 Å². The maximum Gasteiger partial charge on any atom is 0.269 e. The number of hydrogen-bond donors (Lipinski definition) is 1. The SMILES string of the molecule is C[C@@H](CC(=O)[C@@H]1C[C@H]2C[C@H]2N1C(=O)Cn1nc(C(N)=O)c2ccccc21)[C@H]1CC1(Cl)Cl. The average Bonchev–Trinajstić information content (AvgIpc) is 3.52. The number of halogens is 2. The van der Waals surface area contributed by atoms with Crippen molar-refractivity contribution in [3.63, 3.8) is 0 Å². The second-order valence-corrected chi connectivity index (χ2v) is 10.8. The van der Waals surface area contributed by atoms with E-state index < -0.39 is 16.3 Å². The summed E-state index contributed by atoms with van der Waals surface area (Å²) in [7, 11) is 0. The predicted octanol–water partition coefficient (Wildman–Crippen LogP) is 2.91. The molecule has 0 radical (unpaired) electrons. The normalized spacial score (nSPS) is 28.9. The monoisotopic (exact) mass is 462 g/mol. The quantitative estimate of drug-likeness (QED) is 0.639. The van der Waals surface area contributed by atoms with Crippen molar-refractivity contribution >= 4 is 51.7 Å². The fourth-order valence-corrected chi connectivity index (χ4v) is 5.95. The van der Waals surface area contributed by atoms with Gasteiger partial charge in [0.15, 0.2) is 11.5 Å². The van der Waals surface area contributed by atoms with E-state index in [0.717, 1.165) is 6.42 Å². The van der Waals surface area contributed by atoms with Gasteiger partial charge in [0, 0.05) is 17.8 Å². The number of carbonyl (C=O) groups excluding carboxylic acids is 3. The lowest BCUT2D eigenvalue weighted by Crippen LogP contribution is -2.45. The Morgan fingerprint density at radius 1 is 1.26 bits per heavy atom. The summed E-state index contributed by atoms with van der Waals surface area (Å²) >= 11 is 12.3. The molecule has 31 heavy (non-hydrogen) atoms. The Labute approximate surface area is 189 Å². The number of amides is 2. The number of nitrogens with two attached hydrogens (primary N) is 1. The zero-order valence-corrected chi connectivity index (χ0v) is 18.6. The number of hydrogen-bond acceptors (Lipinski definition) is 4. The maximum absolute atomic E-state index is 13.3. The number of Topliss-reactive ketones (excluding diaryl/α,β-unsaturated/α-hetero) is 1. The van der Waals surface area contributed by atoms with E-state index in [2.05, 4.69) is 5.10 Å². The zero-order valence-electron chi connectivity index (χ0n) is 17.1. The Balaban J connectivity index is 1.33. The summed E-state index contributed by atoms with van der Waals surface area (Å²) in [5, 5.41) is 4.90. The van der Waals surface area contributed by atoms with E-state index in [9.17, 15) is 14.4 Å². The molecule has 2 aliphatic carbocycles. The molecule has 0 spiro atoms. The van der Waals surface area contributed by atoms with Crippen LogP contribution in [0.1, 0.15) is 43.1 Å². The molecule has 2 saturated carbocycles. The van der Waals surface area contributed by atoms with Crippen molar-refractivity contribution in [1.82, 2.24) is 14.7 Å². The molecule has 5 atom stereocenters. The van der Waals surface area contributed by atoms with Crippen molar-refractivity contribution in [2.24, 2.45) is 23.5 Å². The van der Waals surface area contributed by atoms with Crippen LogP contribution in [-0.2, 0) is 16.1 Å². The van der Waals surface area contributed by atoms with E-state index in [1.54, 1.807) is 23.1 Å². The molecule has 0 unspecified atom stereocenters. The first-order valence-electron chi connectivity index (χ1n) is 10.6. The molecule has 3 fully saturated rings. The standard InChI is InChI=1S/C22H24Cl2N4O3/c1-11(14-9-22(14,23)24)6-18(29)17-8-12-7-16(12)28(17)19(30)10-27-15-5-3-2-4-13(15)20(26-27)21(25)31/h2-5,11-12,14,16-17H,6-10H2,1H3,(H2,25,31)/t11-,12+,14+,16+,17-/m0/s1. The number of carbonyl (C=O) groups is 3. The summed E-state index contributed by atoms with van der Waals surface area (Å²) in [4.78, 5) is 39.9. The summed E-state index contributed by atoms with van der Waals surface area (Å²) in [5.41, 5.74) is 6.27. The number of piperidine rings is 1. The van der Waals surface area contributed by atoms with E-state index >= 15 is 0 Å². The lowest BCUT2D eigenvalue weighted by Gasteiger charge is -2.27. The minimum atomic E-state index is -0.716. The molecule has 0 bridgehead atoms. The van der Waals surface area contributed by atoms with Gasteiger partial charge in [0.25, 0.3) is 5.91 Å². The molecule has 2 aromatic rings. The molecule has 1 aliphatic heterocycles. The highest BCUT2D eigenvalue weighted by Crippen LogP contribution is 2.58. The molecule has 2 amide bonds. The first-order valence-corrected chi connectivity index (χ1v) is 11.4. The number of aromatic nitrogens is 2. The lowest BCUT2D eigenvalue weighted by atomic mass is 9.94. The van der Waals surface area contributed by atoms with Crippen molar-refractivity contribution in [2.75, 3.05) is 0 Å². The Morgan fingerprint density at radius 2 is 1.97 bits per heavy atom. The zero-order chi connectivity index (χ0) is 22.1. The van der Waals surface area contributed by atoms with Gasteiger partial charge in [-0.25, -0.2) is 0 Å². The van der Waals surface area contributed by atoms with Gasteiger partial charge >= 0.3 is 0 Å². The minimum Gasteiger partial charge on any atom is -0.364 e. The molecule has 2 N–H and O–H groups in total. The lowest BCUT2D eigenvalue weighted by molar-refractivity contribution is -0.139. The number of primary amides is 1. The third-order valence-corrected chi connectivity index (χ3v) is 7.89. The van der Waals surface area contributed by atoms with Crippen LogP contribution in [0.25, 0.3) is 10.9 Å². The number of likely N-dealkylation sites (tertiary alicyclic amines) is 1. The third-order valence-electron chi connectivity index (χ3n) is 7.02. The highest BCUT2D eigenvalue weighted by molar-refractivity contribution is 6.50. The van der Waals surface area contributed by atoms with Crippen LogP contribution >= 0.6 is 23.2 Å². The largest absolute Gasteiger partial charge is 0.364 e. The molecule has 5 rings (SSSR count). The van der Waals surface area contributed by atoms with Gasteiger partial charge in [-0.15, -0.1) is 23.2 Å². The van der Waals surface area contributed by atoms with Crippen LogP contribution in [-0.4, -0.2) is 48.7 Å². The summed E-state index contributed by atoms with van der Waals surface area (Å²) < 4.78 is 0.795. The topological polar surface area (TPSA) is 98.3 Å². The van der Waals surface area contributed by atoms with Gasteiger partial charge in [0.1, 0.15) is 10.9 Å². The number of fused-ring (bicyclic) bond motifs is 2. The van der Waals surface area contributed by atoms with E-state index in [4.69, 9.17) is 28.9 Å². The van der Waals surface area contributed by atoms with E-state index in [1.807, 2.05) is 13.0 Å². The molecule has 7 nitrogen and oxygen atoms in total. The van der Waals surface area contributed by atoms with Crippen LogP contribution in [0.2, 0.25) is 0 Å². The number of nitrogens with zero attached hydrogens (tertiary/aromatic N) is 3. The Kier molecular flexibility index (Phi) is 4.83. The van der Waals surface area contributed by atoms with Gasteiger partial charge in [-0.2, -0.15) is 5.10 Å². The minimum absolute atomic E-state index is 0.0363. The second-order valence-electron chi connectivity index (χ2n) is 9.22. The number of alkyl halides is 2. The van der Waals surface area contributed by atoms with Crippen LogP contribution in [0.5, 0.6) is 0 Å². The van der Waals surface area contributed by atoms with Gasteiger partial charge in [0.2, 0.25) is 5.91 Å². The highest BCUT2D eigenvalue weighted by Gasteiger charge is 2.57. The highest BCUT2D eigenvalue weighted by atomic mass is 35.5. The van der Waals surface area contributed by atoms with Crippen molar-refractivity contribution in [3.05, 3.63) is 30.0 Å². The molecular weight excluding hydrogens is 439 g/mol.